The molecular weight excluding hydrogens is 402 g/mol. The van der Waals surface area contributed by atoms with Gasteiger partial charge >= 0.3 is 0 Å². The number of hydrogen-bond acceptors (Lipinski definition) is 2. The average molecular weight is 430 g/mol. The highest BCUT2D eigenvalue weighted by Crippen LogP contribution is 2.40. The first-order chi connectivity index (χ1) is 16.3. The van der Waals surface area contributed by atoms with Crippen molar-refractivity contribution in [2.75, 3.05) is 0 Å². The molecule has 0 radical (unpaired) electrons. The van der Waals surface area contributed by atoms with Crippen LogP contribution >= 0.6 is 0 Å². The van der Waals surface area contributed by atoms with Gasteiger partial charge in [-0.2, -0.15) is 0 Å². The van der Waals surface area contributed by atoms with Gasteiger partial charge in [-0.3, -0.25) is 0 Å². The molecule has 5 aromatic rings. The highest BCUT2D eigenvalue weighted by atomic mass is 15.1. The predicted octanol–water partition coefficient (Wildman–Crippen LogP) is 5.77. The molecule has 3 heteroatoms. The Balaban J connectivity index is 1.67. The summed E-state index contributed by atoms with van der Waals surface area (Å²) in [5.74, 6) is 0. The first-order valence-corrected chi connectivity index (χ1v) is 11.3. The molecule has 1 heterocycles. The lowest BCUT2D eigenvalue weighted by Gasteiger charge is -2.37. The topological polar surface area (TPSA) is 43.8 Å². The van der Waals surface area contributed by atoms with Gasteiger partial charge in [0.25, 0.3) is 0 Å². The lowest BCUT2D eigenvalue weighted by molar-refractivity contribution is 0.514. The maximum Gasteiger partial charge on any atom is 0.121 e. The van der Waals surface area contributed by atoms with E-state index in [0.717, 1.165) is 17.7 Å². The van der Waals surface area contributed by atoms with Crippen molar-refractivity contribution in [1.82, 2.24) is 9.55 Å². The third kappa shape index (κ3) is 3.99. The Bertz CT molecular complexity index is 1190. The third-order valence-corrected chi connectivity index (χ3v) is 6.24. The van der Waals surface area contributed by atoms with E-state index in [0.29, 0.717) is 6.54 Å². The molecule has 5 rings (SSSR count). The number of nitrogens with two attached hydrogens (primary N) is 1. The fourth-order valence-electron chi connectivity index (χ4n) is 4.63. The van der Waals surface area contributed by atoms with Gasteiger partial charge in [0.05, 0.1) is 12.0 Å². The smallest absolute Gasteiger partial charge is 0.121 e. The molecule has 3 nitrogen and oxygen atoms in total. The predicted molar refractivity (Wildman–Crippen MR) is 134 cm³/mol. The minimum atomic E-state index is -0.529. The van der Waals surface area contributed by atoms with Gasteiger partial charge in [0.15, 0.2) is 0 Å². The Labute approximate surface area is 195 Å². The molecule has 162 valence electrons. The molecule has 0 bridgehead atoms. The van der Waals surface area contributed by atoms with E-state index in [2.05, 4.69) is 126 Å². The molecule has 2 N–H and O–H groups in total. The fourth-order valence-corrected chi connectivity index (χ4v) is 4.63. The maximum atomic E-state index is 5.75. The number of rotatable bonds is 7. The molecule has 0 aliphatic rings. The summed E-state index contributed by atoms with van der Waals surface area (Å²) in [6, 6.07) is 40.5. The zero-order chi connectivity index (χ0) is 22.5. The minimum absolute atomic E-state index is 0.529. The van der Waals surface area contributed by atoms with Gasteiger partial charge in [-0.05, 0) is 27.8 Å². The molecule has 4 aromatic carbocycles. The SMILES string of the molecule is NCc1ccc(Cc2cn(C(c3ccccc3)(c3ccccc3)c3ccccc3)cn2)cc1. The van der Waals surface area contributed by atoms with Crippen molar-refractivity contribution in [1.29, 1.82) is 0 Å². The standard InChI is InChI=1S/C30H27N3/c31-21-25-18-16-24(17-19-25)20-29-22-33(23-32-29)30(26-10-4-1-5-11-26,27-12-6-2-7-13-27)28-14-8-3-9-15-28/h1-19,22-23H,20-21,31H2. The summed E-state index contributed by atoms with van der Waals surface area (Å²) in [5, 5.41) is 0. The van der Waals surface area contributed by atoms with E-state index in [1.54, 1.807) is 0 Å². The molecule has 0 aliphatic carbocycles. The van der Waals surface area contributed by atoms with Crippen molar-refractivity contribution in [3.8, 4) is 0 Å². The highest BCUT2D eigenvalue weighted by molar-refractivity contribution is 5.50. The molecule has 0 unspecified atom stereocenters. The number of aromatic nitrogens is 2. The van der Waals surface area contributed by atoms with Crippen LogP contribution in [0, 0.1) is 0 Å². The normalized spacial score (nSPS) is 11.4. The van der Waals surface area contributed by atoms with Gasteiger partial charge < -0.3 is 10.3 Å². The van der Waals surface area contributed by atoms with Crippen LogP contribution in [-0.4, -0.2) is 9.55 Å². The highest BCUT2D eigenvalue weighted by Gasteiger charge is 2.38. The lowest BCUT2D eigenvalue weighted by atomic mass is 9.77. The van der Waals surface area contributed by atoms with Crippen molar-refractivity contribution >= 4 is 0 Å². The van der Waals surface area contributed by atoms with Gasteiger partial charge in [-0.15, -0.1) is 0 Å². The Morgan fingerprint density at radius 1 is 0.606 bits per heavy atom. The quantitative estimate of drug-likeness (QED) is 0.334. The van der Waals surface area contributed by atoms with E-state index in [4.69, 9.17) is 10.7 Å². The van der Waals surface area contributed by atoms with Crippen LogP contribution in [0.2, 0.25) is 0 Å². The monoisotopic (exact) mass is 429 g/mol. The van der Waals surface area contributed by atoms with Crippen LogP contribution in [0.3, 0.4) is 0 Å². The van der Waals surface area contributed by atoms with Crippen molar-refractivity contribution in [2.45, 2.75) is 18.5 Å². The Morgan fingerprint density at radius 2 is 1.06 bits per heavy atom. The summed E-state index contributed by atoms with van der Waals surface area (Å²) >= 11 is 0. The number of imidazole rings is 1. The Kier molecular flexibility index (Phi) is 5.88. The van der Waals surface area contributed by atoms with E-state index < -0.39 is 5.54 Å². The van der Waals surface area contributed by atoms with Crippen LogP contribution in [0.4, 0.5) is 0 Å². The first kappa shape index (κ1) is 20.9. The summed E-state index contributed by atoms with van der Waals surface area (Å²) < 4.78 is 2.26. The molecule has 0 spiro atoms. The minimum Gasteiger partial charge on any atom is -0.326 e. The molecule has 0 atom stereocenters. The molecule has 0 fully saturated rings. The molecule has 0 saturated carbocycles. The second-order valence-corrected chi connectivity index (χ2v) is 8.28. The van der Waals surface area contributed by atoms with Crippen LogP contribution in [0.1, 0.15) is 33.5 Å². The van der Waals surface area contributed by atoms with E-state index in [9.17, 15) is 0 Å². The molecule has 0 saturated heterocycles. The number of nitrogens with zero attached hydrogens (tertiary/aromatic N) is 2. The molecular formula is C30H27N3. The van der Waals surface area contributed by atoms with Crippen molar-refractivity contribution < 1.29 is 0 Å². The lowest BCUT2D eigenvalue weighted by Crippen LogP contribution is -2.36. The fraction of sp³-hybridized carbons (Fsp3) is 0.100. The zero-order valence-electron chi connectivity index (χ0n) is 18.5. The van der Waals surface area contributed by atoms with Crippen LogP contribution in [-0.2, 0) is 18.5 Å². The number of hydrogen-bond donors (Lipinski definition) is 1. The Hall–Kier alpha value is -3.95. The van der Waals surface area contributed by atoms with Gasteiger partial charge in [0.1, 0.15) is 5.54 Å². The number of benzene rings is 4. The van der Waals surface area contributed by atoms with E-state index in [-0.39, 0.29) is 0 Å². The molecule has 0 aliphatic heterocycles. The summed E-state index contributed by atoms with van der Waals surface area (Å²) in [6.45, 7) is 0.558. The summed E-state index contributed by atoms with van der Waals surface area (Å²) in [6.07, 6.45) is 4.92. The average Bonchev–Trinajstić information content (AvgIpc) is 3.35. The maximum absolute atomic E-state index is 5.75. The summed E-state index contributed by atoms with van der Waals surface area (Å²) in [4.78, 5) is 4.83. The molecule has 33 heavy (non-hydrogen) atoms. The van der Waals surface area contributed by atoms with Gasteiger partial charge in [-0.1, -0.05) is 115 Å². The van der Waals surface area contributed by atoms with Crippen LogP contribution < -0.4 is 5.73 Å². The second kappa shape index (κ2) is 9.27. The van der Waals surface area contributed by atoms with E-state index in [1.807, 2.05) is 6.33 Å². The Morgan fingerprint density at radius 3 is 1.52 bits per heavy atom. The molecule has 1 aromatic heterocycles. The van der Waals surface area contributed by atoms with Gasteiger partial charge in [0, 0.05) is 19.2 Å². The van der Waals surface area contributed by atoms with Gasteiger partial charge in [0.2, 0.25) is 0 Å². The van der Waals surface area contributed by atoms with Crippen LogP contribution in [0.5, 0.6) is 0 Å². The van der Waals surface area contributed by atoms with Crippen LogP contribution in [0.25, 0.3) is 0 Å². The van der Waals surface area contributed by atoms with Crippen molar-refractivity contribution in [3.63, 3.8) is 0 Å². The zero-order valence-corrected chi connectivity index (χ0v) is 18.5. The summed E-state index contributed by atoms with van der Waals surface area (Å²) in [7, 11) is 0. The first-order valence-electron chi connectivity index (χ1n) is 11.3. The van der Waals surface area contributed by atoms with Gasteiger partial charge in [-0.25, -0.2) is 4.98 Å². The third-order valence-electron chi connectivity index (χ3n) is 6.24. The molecule has 0 amide bonds. The largest absolute Gasteiger partial charge is 0.326 e. The van der Waals surface area contributed by atoms with Crippen LogP contribution in [0.15, 0.2) is 128 Å². The van der Waals surface area contributed by atoms with E-state index >= 15 is 0 Å². The van der Waals surface area contributed by atoms with E-state index in [1.165, 1.54) is 22.3 Å². The summed E-state index contributed by atoms with van der Waals surface area (Å²) in [5.41, 5.74) is 12.2. The second-order valence-electron chi connectivity index (χ2n) is 8.28. The van der Waals surface area contributed by atoms with Crippen molar-refractivity contribution in [2.24, 2.45) is 5.73 Å². The van der Waals surface area contributed by atoms with Crippen molar-refractivity contribution in [3.05, 3.63) is 161 Å².